The Morgan fingerprint density at radius 2 is 2.00 bits per heavy atom. The number of halogens is 1. The van der Waals surface area contributed by atoms with E-state index >= 15 is 0 Å². The maximum absolute atomic E-state index is 13.9. The highest BCUT2D eigenvalue weighted by atomic mass is 19.1. The minimum atomic E-state index is -1.70. The molecule has 3 N–H and O–H groups in total. The molecular weight excluding hydrogens is 401 g/mol. The molecule has 1 saturated heterocycles. The summed E-state index contributed by atoms with van der Waals surface area (Å²) in [5.74, 6) is -3.86. The lowest BCUT2D eigenvalue weighted by Gasteiger charge is -2.31. The van der Waals surface area contributed by atoms with Gasteiger partial charge < -0.3 is 25.1 Å². The molecule has 10 nitrogen and oxygen atoms in total. The lowest BCUT2D eigenvalue weighted by atomic mass is 9.95. The van der Waals surface area contributed by atoms with Gasteiger partial charge in [0.05, 0.1) is 18.0 Å². The van der Waals surface area contributed by atoms with E-state index in [0.717, 1.165) is 6.20 Å². The van der Waals surface area contributed by atoms with E-state index in [1.165, 1.54) is 6.08 Å². The number of aliphatic hydroxyl groups excluding tert-OH is 1. The van der Waals surface area contributed by atoms with E-state index < -0.39 is 71.7 Å². The maximum Gasteiger partial charge on any atom is 0.351 e. The molecule has 0 aliphatic carbocycles. The van der Waals surface area contributed by atoms with E-state index in [1.807, 2.05) is 0 Å². The molecule has 1 aromatic rings. The van der Waals surface area contributed by atoms with Gasteiger partial charge in [-0.15, -0.1) is 0 Å². The van der Waals surface area contributed by atoms with Gasteiger partial charge in [0.15, 0.2) is 29.6 Å². The monoisotopic (exact) mass is 427 g/mol. The number of carbonyl (C=O) groups is 2. The number of carbonyl (C=O) groups excluding carboxylic acids is 2. The first kappa shape index (κ1) is 23.5. The van der Waals surface area contributed by atoms with E-state index in [1.54, 1.807) is 27.7 Å². The molecule has 0 unspecified atom stereocenters. The summed E-state index contributed by atoms with van der Waals surface area (Å²) in [6.07, 6.45) is -2.62. The minimum Gasteiger partial charge on any atom is -0.462 e. The summed E-state index contributed by atoms with van der Waals surface area (Å²) in [6, 6.07) is 0. The largest absolute Gasteiger partial charge is 0.462 e. The lowest BCUT2D eigenvalue weighted by molar-refractivity contribution is -0.173. The standard InChI is InChI=1S/C19H26FN3O7/c1-6-19(8-28-16(25)9(2)3)13(29-17(26)10(4)5)12(24)15(30-19)23-7-11(20)14(21)22-18(23)27/h6-7,9-10,12-13,15,24H,1,8H2,2-5H3,(H2,21,22,27)/t12-,13-,15+,19+/m0/s1. The molecule has 1 aromatic heterocycles. The van der Waals surface area contributed by atoms with Crippen molar-refractivity contribution in [2.45, 2.75) is 51.7 Å². The number of ether oxygens (including phenoxy) is 3. The predicted molar refractivity (Wildman–Crippen MR) is 102 cm³/mol. The van der Waals surface area contributed by atoms with Crippen LogP contribution in [0.4, 0.5) is 10.2 Å². The molecule has 1 aliphatic heterocycles. The normalized spacial score (nSPS) is 26.1. The van der Waals surface area contributed by atoms with Gasteiger partial charge in [-0.05, 0) is 0 Å². The molecule has 0 radical (unpaired) electrons. The zero-order valence-corrected chi connectivity index (χ0v) is 17.2. The summed E-state index contributed by atoms with van der Waals surface area (Å²) >= 11 is 0. The second-order valence-corrected chi connectivity index (χ2v) is 7.60. The van der Waals surface area contributed by atoms with Crippen LogP contribution in [0, 0.1) is 17.7 Å². The van der Waals surface area contributed by atoms with Crippen molar-refractivity contribution in [2.75, 3.05) is 12.3 Å². The zero-order valence-electron chi connectivity index (χ0n) is 17.2. The van der Waals surface area contributed by atoms with Crippen molar-refractivity contribution < 1.29 is 33.3 Å². The van der Waals surface area contributed by atoms with Gasteiger partial charge in [0.2, 0.25) is 0 Å². The average molecular weight is 427 g/mol. The third-order valence-electron chi connectivity index (χ3n) is 4.60. The van der Waals surface area contributed by atoms with Crippen LogP contribution in [0.25, 0.3) is 0 Å². The van der Waals surface area contributed by atoms with Crippen molar-refractivity contribution in [3.05, 3.63) is 35.2 Å². The fourth-order valence-electron chi connectivity index (χ4n) is 2.78. The number of hydrogen-bond acceptors (Lipinski definition) is 9. The van der Waals surface area contributed by atoms with Crippen LogP contribution in [-0.2, 0) is 23.8 Å². The van der Waals surface area contributed by atoms with E-state index in [4.69, 9.17) is 19.9 Å². The van der Waals surface area contributed by atoms with E-state index in [0.29, 0.717) is 4.57 Å². The van der Waals surface area contributed by atoms with Gasteiger partial charge in [0.1, 0.15) is 12.7 Å². The first-order valence-electron chi connectivity index (χ1n) is 9.34. The predicted octanol–water partition coefficient (Wildman–Crippen LogP) is 0.546. The van der Waals surface area contributed by atoms with E-state index in [9.17, 15) is 23.9 Å². The number of nitrogens with two attached hydrogens (primary N) is 1. The number of aromatic nitrogens is 2. The quantitative estimate of drug-likeness (QED) is 0.471. The number of nitrogens with zero attached hydrogens (tertiary/aromatic N) is 2. The summed E-state index contributed by atoms with van der Waals surface area (Å²) in [6.45, 7) is 9.59. The van der Waals surface area contributed by atoms with Gasteiger partial charge in [-0.3, -0.25) is 14.2 Å². The fraction of sp³-hybridized carbons (Fsp3) is 0.579. The van der Waals surface area contributed by atoms with Gasteiger partial charge >= 0.3 is 17.6 Å². The van der Waals surface area contributed by atoms with Crippen molar-refractivity contribution >= 4 is 17.8 Å². The summed E-state index contributed by atoms with van der Waals surface area (Å²) < 4.78 is 31.0. The molecule has 0 amide bonds. The van der Waals surface area contributed by atoms with Crippen molar-refractivity contribution in [3.63, 3.8) is 0 Å². The van der Waals surface area contributed by atoms with Crippen LogP contribution in [0.3, 0.4) is 0 Å². The van der Waals surface area contributed by atoms with Crippen molar-refractivity contribution in [2.24, 2.45) is 11.8 Å². The lowest BCUT2D eigenvalue weighted by Crippen LogP contribution is -2.49. The Bertz CT molecular complexity index is 885. The number of aliphatic hydroxyl groups is 1. The molecule has 0 aromatic carbocycles. The van der Waals surface area contributed by atoms with Gasteiger partial charge in [0, 0.05) is 0 Å². The van der Waals surface area contributed by atoms with Gasteiger partial charge in [-0.25, -0.2) is 9.18 Å². The molecule has 2 heterocycles. The smallest absolute Gasteiger partial charge is 0.351 e. The Hall–Kier alpha value is -2.79. The number of hydrogen-bond donors (Lipinski definition) is 2. The van der Waals surface area contributed by atoms with Crippen LogP contribution in [-0.4, -0.2) is 51.0 Å². The topological polar surface area (TPSA) is 143 Å². The van der Waals surface area contributed by atoms with Crippen LogP contribution in [0.2, 0.25) is 0 Å². The van der Waals surface area contributed by atoms with Gasteiger partial charge in [-0.2, -0.15) is 4.98 Å². The zero-order chi connectivity index (χ0) is 22.8. The first-order valence-corrected chi connectivity index (χ1v) is 9.34. The van der Waals surface area contributed by atoms with Gasteiger partial charge in [-0.1, -0.05) is 40.3 Å². The molecule has 0 spiro atoms. The third-order valence-corrected chi connectivity index (χ3v) is 4.60. The van der Waals surface area contributed by atoms with Crippen LogP contribution in [0.1, 0.15) is 33.9 Å². The molecule has 1 aliphatic rings. The molecular formula is C19H26FN3O7. The van der Waals surface area contributed by atoms with Crippen molar-refractivity contribution in [3.8, 4) is 0 Å². The fourth-order valence-corrected chi connectivity index (χ4v) is 2.78. The average Bonchev–Trinajstić information content (AvgIpc) is 2.95. The Labute approximate surface area is 172 Å². The number of anilines is 1. The highest BCUT2D eigenvalue weighted by Crippen LogP contribution is 2.40. The minimum absolute atomic E-state index is 0.455. The van der Waals surface area contributed by atoms with E-state index in [-0.39, 0.29) is 0 Å². The number of nitrogen functional groups attached to an aromatic ring is 1. The van der Waals surface area contributed by atoms with Crippen LogP contribution in [0.15, 0.2) is 23.6 Å². The molecule has 11 heteroatoms. The second kappa shape index (κ2) is 8.92. The molecule has 0 bridgehead atoms. The van der Waals surface area contributed by atoms with Crippen LogP contribution in [0.5, 0.6) is 0 Å². The molecule has 166 valence electrons. The first-order chi connectivity index (χ1) is 13.9. The molecule has 0 saturated carbocycles. The van der Waals surface area contributed by atoms with Gasteiger partial charge in [0.25, 0.3) is 0 Å². The summed E-state index contributed by atoms with van der Waals surface area (Å²) in [5, 5.41) is 10.8. The highest BCUT2D eigenvalue weighted by molar-refractivity contribution is 5.72. The summed E-state index contributed by atoms with van der Waals surface area (Å²) in [4.78, 5) is 39.7. The van der Waals surface area contributed by atoms with Crippen LogP contribution < -0.4 is 11.4 Å². The Morgan fingerprint density at radius 1 is 1.40 bits per heavy atom. The SMILES string of the molecule is C=C[C@]1(COC(=O)C(C)C)O[C@@H](n2cc(F)c(N)nc2=O)[C@@H](O)[C@@H]1OC(=O)C(C)C. The molecule has 4 atom stereocenters. The maximum atomic E-state index is 13.9. The number of esters is 2. The van der Waals surface area contributed by atoms with Crippen molar-refractivity contribution in [1.29, 1.82) is 0 Å². The van der Waals surface area contributed by atoms with Crippen molar-refractivity contribution in [1.82, 2.24) is 9.55 Å². The summed E-state index contributed by atoms with van der Waals surface area (Å²) in [7, 11) is 0. The molecule has 1 fully saturated rings. The molecule has 30 heavy (non-hydrogen) atoms. The Morgan fingerprint density at radius 3 is 2.53 bits per heavy atom. The Balaban J connectivity index is 2.48. The van der Waals surface area contributed by atoms with E-state index in [2.05, 4.69) is 11.6 Å². The third kappa shape index (κ3) is 4.51. The number of rotatable bonds is 7. The molecule has 2 rings (SSSR count). The second-order valence-electron chi connectivity index (χ2n) is 7.60. The Kier molecular flexibility index (Phi) is 6.99. The van der Waals surface area contributed by atoms with Crippen LogP contribution >= 0.6 is 0 Å². The highest BCUT2D eigenvalue weighted by Gasteiger charge is 2.57. The summed E-state index contributed by atoms with van der Waals surface area (Å²) in [5.41, 5.74) is 2.60.